The van der Waals surface area contributed by atoms with Gasteiger partial charge in [-0.2, -0.15) is 0 Å². The first-order valence-corrected chi connectivity index (χ1v) is 7.66. The highest BCUT2D eigenvalue weighted by molar-refractivity contribution is 5.84. The fourth-order valence-electron chi connectivity index (χ4n) is 2.00. The molecule has 6 nitrogen and oxygen atoms in total. The number of amides is 2. The average molecular weight is 346 g/mol. The molecule has 25 heavy (non-hydrogen) atoms. The van der Waals surface area contributed by atoms with E-state index in [1.54, 1.807) is 36.4 Å². The SMILES string of the molecule is COC(=O)Nc1ccc(OCC(=O)NCCc2ccc(F)cc2)cc1. The van der Waals surface area contributed by atoms with Gasteiger partial charge >= 0.3 is 6.09 Å². The zero-order valence-electron chi connectivity index (χ0n) is 13.8. The molecule has 0 aliphatic rings. The molecule has 2 rings (SSSR count). The second kappa shape index (κ2) is 9.27. The summed E-state index contributed by atoms with van der Waals surface area (Å²) in [6, 6.07) is 12.7. The van der Waals surface area contributed by atoms with Gasteiger partial charge in [0.1, 0.15) is 11.6 Å². The van der Waals surface area contributed by atoms with E-state index in [0.717, 1.165) is 5.56 Å². The van der Waals surface area contributed by atoms with Crippen LogP contribution < -0.4 is 15.4 Å². The molecule has 132 valence electrons. The van der Waals surface area contributed by atoms with Gasteiger partial charge in [-0.05, 0) is 48.4 Å². The Balaban J connectivity index is 1.69. The largest absolute Gasteiger partial charge is 0.484 e. The zero-order valence-corrected chi connectivity index (χ0v) is 13.8. The monoisotopic (exact) mass is 346 g/mol. The van der Waals surface area contributed by atoms with Gasteiger partial charge in [0.05, 0.1) is 7.11 Å². The van der Waals surface area contributed by atoms with E-state index in [4.69, 9.17) is 4.74 Å². The van der Waals surface area contributed by atoms with E-state index >= 15 is 0 Å². The molecule has 2 aromatic carbocycles. The van der Waals surface area contributed by atoms with Crippen LogP contribution in [-0.4, -0.2) is 32.3 Å². The summed E-state index contributed by atoms with van der Waals surface area (Å²) in [5.74, 6) is -0.0306. The maximum absolute atomic E-state index is 12.8. The Morgan fingerprint density at radius 2 is 1.72 bits per heavy atom. The highest BCUT2D eigenvalue weighted by atomic mass is 19.1. The Morgan fingerprint density at radius 1 is 1.04 bits per heavy atom. The number of anilines is 1. The second-order valence-corrected chi connectivity index (χ2v) is 5.16. The number of nitrogens with one attached hydrogen (secondary N) is 2. The molecule has 0 aliphatic heterocycles. The van der Waals surface area contributed by atoms with E-state index in [-0.39, 0.29) is 18.3 Å². The molecule has 0 atom stereocenters. The number of carbonyl (C=O) groups excluding carboxylic acids is 2. The molecule has 2 aromatic rings. The predicted octanol–water partition coefficient (Wildman–Crippen LogP) is 2.74. The van der Waals surface area contributed by atoms with Crippen LogP contribution in [0.2, 0.25) is 0 Å². The summed E-state index contributed by atoms with van der Waals surface area (Å²) in [6.45, 7) is 0.322. The molecule has 7 heteroatoms. The lowest BCUT2D eigenvalue weighted by molar-refractivity contribution is -0.123. The summed E-state index contributed by atoms with van der Waals surface area (Å²) in [6.07, 6.45) is 0.0501. The van der Waals surface area contributed by atoms with Crippen molar-refractivity contribution in [1.82, 2.24) is 5.32 Å². The van der Waals surface area contributed by atoms with Crippen LogP contribution in [0.5, 0.6) is 5.75 Å². The van der Waals surface area contributed by atoms with Crippen LogP contribution in [0.15, 0.2) is 48.5 Å². The summed E-state index contributed by atoms with van der Waals surface area (Å²) < 4.78 is 22.6. The summed E-state index contributed by atoms with van der Waals surface area (Å²) >= 11 is 0. The highest BCUT2D eigenvalue weighted by Crippen LogP contribution is 2.15. The molecular weight excluding hydrogens is 327 g/mol. The Morgan fingerprint density at radius 3 is 2.36 bits per heavy atom. The normalized spacial score (nSPS) is 10.0. The van der Waals surface area contributed by atoms with E-state index in [1.165, 1.54) is 19.2 Å². The van der Waals surface area contributed by atoms with Crippen LogP contribution in [0.4, 0.5) is 14.9 Å². The summed E-state index contributed by atoms with van der Waals surface area (Å²) in [5, 5.41) is 5.24. The molecule has 0 fully saturated rings. The summed E-state index contributed by atoms with van der Waals surface area (Å²) in [7, 11) is 1.28. The van der Waals surface area contributed by atoms with Crippen molar-refractivity contribution in [2.24, 2.45) is 0 Å². The van der Waals surface area contributed by atoms with Crippen LogP contribution in [-0.2, 0) is 16.0 Å². The van der Waals surface area contributed by atoms with Crippen molar-refractivity contribution in [2.45, 2.75) is 6.42 Å². The van der Waals surface area contributed by atoms with Crippen LogP contribution in [0, 0.1) is 5.82 Å². The molecule has 0 heterocycles. The van der Waals surface area contributed by atoms with Crippen LogP contribution in [0.3, 0.4) is 0 Å². The molecule has 0 saturated carbocycles. The highest BCUT2D eigenvalue weighted by Gasteiger charge is 2.04. The first-order chi connectivity index (χ1) is 12.1. The molecule has 0 unspecified atom stereocenters. The number of methoxy groups -OCH3 is 1. The lowest BCUT2D eigenvalue weighted by Crippen LogP contribution is -2.30. The van der Waals surface area contributed by atoms with Crippen LogP contribution >= 0.6 is 0 Å². The topological polar surface area (TPSA) is 76.7 Å². The molecule has 0 radical (unpaired) electrons. The quantitative estimate of drug-likeness (QED) is 0.808. The predicted molar refractivity (Wildman–Crippen MR) is 91.1 cm³/mol. The van der Waals surface area contributed by atoms with Gasteiger partial charge < -0.3 is 14.8 Å². The number of hydrogen-bond acceptors (Lipinski definition) is 4. The van der Waals surface area contributed by atoms with Crippen molar-refractivity contribution in [1.29, 1.82) is 0 Å². The van der Waals surface area contributed by atoms with E-state index in [0.29, 0.717) is 24.4 Å². The van der Waals surface area contributed by atoms with Crippen LogP contribution in [0.1, 0.15) is 5.56 Å². The van der Waals surface area contributed by atoms with E-state index < -0.39 is 6.09 Å². The molecule has 0 spiro atoms. The van der Waals surface area contributed by atoms with Gasteiger partial charge in [0, 0.05) is 12.2 Å². The molecular formula is C18H19FN2O4. The minimum atomic E-state index is -0.561. The maximum Gasteiger partial charge on any atom is 0.411 e. The van der Waals surface area contributed by atoms with Crippen molar-refractivity contribution < 1.29 is 23.5 Å². The Kier molecular flexibility index (Phi) is 6.76. The first-order valence-electron chi connectivity index (χ1n) is 7.66. The van der Waals surface area contributed by atoms with E-state index in [2.05, 4.69) is 15.4 Å². The fraction of sp³-hybridized carbons (Fsp3) is 0.222. The number of carbonyl (C=O) groups is 2. The third kappa shape index (κ3) is 6.50. The fourth-order valence-corrected chi connectivity index (χ4v) is 2.00. The van der Waals surface area contributed by atoms with Gasteiger partial charge in [0.15, 0.2) is 6.61 Å². The minimum Gasteiger partial charge on any atom is -0.484 e. The van der Waals surface area contributed by atoms with Gasteiger partial charge in [0.25, 0.3) is 5.91 Å². The van der Waals surface area contributed by atoms with Crippen molar-refractivity contribution in [3.05, 3.63) is 59.9 Å². The Bertz CT molecular complexity index is 702. The van der Waals surface area contributed by atoms with Gasteiger partial charge in [0.2, 0.25) is 0 Å². The minimum absolute atomic E-state index is 0.118. The molecule has 0 aromatic heterocycles. The maximum atomic E-state index is 12.8. The number of rotatable bonds is 7. The second-order valence-electron chi connectivity index (χ2n) is 5.16. The van der Waals surface area contributed by atoms with Gasteiger partial charge in [-0.3, -0.25) is 10.1 Å². The van der Waals surface area contributed by atoms with E-state index in [1.807, 2.05) is 0 Å². The van der Waals surface area contributed by atoms with Gasteiger partial charge in [-0.15, -0.1) is 0 Å². The number of benzene rings is 2. The van der Waals surface area contributed by atoms with E-state index in [9.17, 15) is 14.0 Å². The van der Waals surface area contributed by atoms with Crippen LogP contribution in [0.25, 0.3) is 0 Å². The van der Waals surface area contributed by atoms with Crippen molar-refractivity contribution in [2.75, 3.05) is 25.6 Å². The Labute approximate surface area is 144 Å². The van der Waals surface area contributed by atoms with Crippen molar-refractivity contribution >= 4 is 17.7 Å². The number of ether oxygens (including phenoxy) is 2. The standard InChI is InChI=1S/C18H19FN2O4/c1-24-18(23)21-15-6-8-16(9-7-15)25-12-17(22)20-11-10-13-2-4-14(19)5-3-13/h2-9H,10-12H2,1H3,(H,20,22)(H,21,23). The molecule has 0 aliphatic carbocycles. The summed E-state index contributed by atoms with van der Waals surface area (Å²) in [5.41, 5.74) is 1.50. The van der Waals surface area contributed by atoms with Crippen molar-refractivity contribution in [3.8, 4) is 5.75 Å². The smallest absolute Gasteiger partial charge is 0.411 e. The molecule has 2 amide bonds. The summed E-state index contributed by atoms with van der Waals surface area (Å²) in [4.78, 5) is 22.8. The molecule has 2 N–H and O–H groups in total. The molecule has 0 saturated heterocycles. The zero-order chi connectivity index (χ0) is 18.1. The van der Waals surface area contributed by atoms with Gasteiger partial charge in [-0.1, -0.05) is 12.1 Å². The lowest BCUT2D eigenvalue weighted by Gasteiger charge is -2.09. The third-order valence-electron chi connectivity index (χ3n) is 3.31. The molecule has 0 bridgehead atoms. The number of hydrogen-bond donors (Lipinski definition) is 2. The van der Waals surface area contributed by atoms with Crippen molar-refractivity contribution in [3.63, 3.8) is 0 Å². The first kappa shape index (κ1) is 18.3. The third-order valence-corrected chi connectivity index (χ3v) is 3.31. The Hall–Kier alpha value is -3.09. The average Bonchev–Trinajstić information content (AvgIpc) is 2.62. The number of halogens is 1. The lowest BCUT2D eigenvalue weighted by atomic mass is 10.1. The van der Waals surface area contributed by atoms with Gasteiger partial charge in [-0.25, -0.2) is 9.18 Å².